The van der Waals surface area contributed by atoms with Crippen LogP contribution in [-0.4, -0.2) is 42.1 Å². The van der Waals surface area contributed by atoms with E-state index in [-0.39, 0.29) is 19.4 Å². The molecule has 3 N–H and O–H groups in total. The van der Waals surface area contributed by atoms with Crippen molar-refractivity contribution < 1.29 is 19.4 Å². The van der Waals surface area contributed by atoms with Crippen molar-refractivity contribution in [2.24, 2.45) is 0 Å². The lowest BCUT2D eigenvalue weighted by atomic mass is 10.1. The van der Waals surface area contributed by atoms with Crippen LogP contribution in [0.3, 0.4) is 0 Å². The zero-order valence-corrected chi connectivity index (χ0v) is 12.3. The molecule has 7 heteroatoms. The molecule has 1 unspecified atom stereocenters. The third-order valence-electron chi connectivity index (χ3n) is 2.72. The molecule has 0 saturated carbocycles. The van der Waals surface area contributed by atoms with Crippen LogP contribution in [0.1, 0.15) is 6.92 Å². The molecular weight excluding hydrogens is 280 g/mol. The number of benzene rings is 1. The summed E-state index contributed by atoms with van der Waals surface area (Å²) in [6, 6.07) is 4.79. The zero-order valence-electron chi connectivity index (χ0n) is 11.4. The molecule has 1 aromatic carbocycles. The van der Waals surface area contributed by atoms with Crippen molar-refractivity contribution in [2.45, 2.75) is 12.5 Å². The fraction of sp³-hybridized carbons (Fsp3) is 0.462. The molecule has 1 aliphatic rings. The van der Waals surface area contributed by atoms with E-state index in [0.29, 0.717) is 22.9 Å². The second kappa shape index (κ2) is 6.23. The number of fused-ring (bicyclic) bond motifs is 1. The monoisotopic (exact) mass is 298 g/mol. The van der Waals surface area contributed by atoms with E-state index in [9.17, 15) is 9.90 Å². The molecule has 1 aromatic rings. The van der Waals surface area contributed by atoms with Gasteiger partial charge in [0.2, 0.25) is 6.79 Å². The van der Waals surface area contributed by atoms with E-state index in [1.165, 1.54) is 11.8 Å². The van der Waals surface area contributed by atoms with Gasteiger partial charge in [0.15, 0.2) is 11.5 Å². The SMILES string of the molecule is CSCC(C)(O)CNC(=O)Nc1ccc2c(c1)OCO2. The first-order valence-electron chi connectivity index (χ1n) is 6.16. The highest BCUT2D eigenvalue weighted by atomic mass is 32.2. The lowest BCUT2D eigenvalue weighted by molar-refractivity contribution is 0.0876. The smallest absolute Gasteiger partial charge is 0.319 e. The van der Waals surface area contributed by atoms with E-state index in [2.05, 4.69) is 10.6 Å². The Bertz CT molecular complexity index is 493. The number of carbonyl (C=O) groups excluding carboxylic acids is 1. The molecule has 0 saturated heterocycles. The van der Waals surface area contributed by atoms with E-state index in [4.69, 9.17) is 9.47 Å². The number of amides is 2. The average molecular weight is 298 g/mol. The number of hydrogen-bond donors (Lipinski definition) is 3. The van der Waals surface area contributed by atoms with Crippen LogP contribution in [0.25, 0.3) is 0 Å². The lowest BCUT2D eigenvalue weighted by Gasteiger charge is -2.22. The number of urea groups is 1. The summed E-state index contributed by atoms with van der Waals surface area (Å²) in [4.78, 5) is 11.8. The van der Waals surface area contributed by atoms with Gasteiger partial charge >= 0.3 is 6.03 Å². The molecule has 0 fully saturated rings. The molecule has 0 radical (unpaired) electrons. The summed E-state index contributed by atoms with van der Waals surface area (Å²) < 4.78 is 10.4. The van der Waals surface area contributed by atoms with Crippen LogP contribution in [-0.2, 0) is 0 Å². The Morgan fingerprint density at radius 3 is 2.95 bits per heavy atom. The summed E-state index contributed by atoms with van der Waals surface area (Å²) in [6.45, 7) is 2.07. The quantitative estimate of drug-likeness (QED) is 0.770. The Morgan fingerprint density at radius 1 is 1.45 bits per heavy atom. The van der Waals surface area contributed by atoms with Crippen molar-refractivity contribution in [3.05, 3.63) is 18.2 Å². The fourth-order valence-corrected chi connectivity index (χ4v) is 2.51. The minimum Gasteiger partial charge on any atom is -0.454 e. The third kappa shape index (κ3) is 3.94. The molecule has 6 nitrogen and oxygen atoms in total. The standard InChI is InChI=1S/C13H18N2O4S/c1-13(17,7-20-2)6-14-12(16)15-9-3-4-10-11(5-9)19-8-18-10/h3-5,17H,6-8H2,1-2H3,(H2,14,15,16). The minimum absolute atomic E-state index is 0.185. The van der Waals surface area contributed by atoms with E-state index in [0.717, 1.165) is 0 Å². The highest BCUT2D eigenvalue weighted by Crippen LogP contribution is 2.34. The first-order chi connectivity index (χ1) is 9.50. The molecule has 2 rings (SSSR count). The lowest BCUT2D eigenvalue weighted by Crippen LogP contribution is -2.43. The summed E-state index contributed by atoms with van der Waals surface area (Å²) in [6.07, 6.45) is 1.90. The van der Waals surface area contributed by atoms with Crippen LogP contribution >= 0.6 is 11.8 Å². The highest BCUT2D eigenvalue weighted by molar-refractivity contribution is 7.98. The summed E-state index contributed by atoms with van der Waals surface area (Å²) in [5.74, 6) is 1.83. The Kier molecular flexibility index (Phi) is 4.61. The van der Waals surface area contributed by atoms with E-state index in [1.54, 1.807) is 25.1 Å². The molecule has 2 amide bonds. The predicted octanol–water partition coefficient (Wildman–Crippen LogP) is 1.65. The van der Waals surface area contributed by atoms with Gasteiger partial charge in [-0.2, -0.15) is 11.8 Å². The van der Waals surface area contributed by atoms with Gasteiger partial charge in [-0.3, -0.25) is 0 Å². The molecule has 1 aliphatic heterocycles. The normalized spacial score (nSPS) is 15.6. The Hall–Kier alpha value is -1.60. The van der Waals surface area contributed by atoms with Crippen LogP contribution in [0.5, 0.6) is 11.5 Å². The molecule has 20 heavy (non-hydrogen) atoms. The fourth-order valence-electron chi connectivity index (χ4n) is 1.78. The summed E-state index contributed by atoms with van der Waals surface area (Å²) in [5, 5.41) is 15.3. The van der Waals surface area contributed by atoms with E-state index < -0.39 is 5.60 Å². The molecule has 110 valence electrons. The van der Waals surface area contributed by atoms with Gasteiger partial charge in [-0.05, 0) is 25.3 Å². The second-order valence-corrected chi connectivity index (χ2v) is 5.67. The van der Waals surface area contributed by atoms with Crippen LogP contribution in [0.2, 0.25) is 0 Å². The number of hydrogen-bond acceptors (Lipinski definition) is 5. The van der Waals surface area contributed by atoms with Crippen molar-refractivity contribution in [2.75, 3.05) is 30.7 Å². The second-order valence-electron chi connectivity index (χ2n) is 4.81. The predicted molar refractivity (Wildman–Crippen MR) is 78.6 cm³/mol. The molecule has 0 aliphatic carbocycles. The molecule has 0 aromatic heterocycles. The van der Waals surface area contributed by atoms with Gasteiger partial charge in [-0.1, -0.05) is 0 Å². The first kappa shape index (κ1) is 14.8. The summed E-state index contributed by atoms with van der Waals surface area (Å²) in [5.41, 5.74) is -0.317. The maximum Gasteiger partial charge on any atom is 0.319 e. The van der Waals surface area contributed by atoms with E-state index >= 15 is 0 Å². The molecule has 1 atom stereocenters. The first-order valence-corrected chi connectivity index (χ1v) is 7.55. The molecule has 0 bridgehead atoms. The minimum atomic E-state index is -0.925. The Morgan fingerprint density at radius 2 is 2.20 bits per heavy atom. The largest absolute Gasteiger partial charge is 0.454 e. The van der Waals surface area contributed by atoms with Gasteiger partial charge in [-0.15, -0.1) is 0 Å². The number of thioether (sulfide) groups is 1. The highest BCUT2D eigenvalue weighted by Gasteiger charge is 2.20. The van der Waals surface area contributed by atoms with Gasteiger partial charge in [0, 0.05) is 24.1 Å². The summed E-state index contributed by atoms with van der Waals surface area (Å²) in [7, 11) is 0. The zero-order chi connectivity index (χ0) is 14.6. The number of rotatable bonds is 5. The van der Waals surface area contributed by atoms with Crippen molar-refractivity contribution in [1.82, 2.24) is 5.32 Å². The molecule has 1 heterocycles. The van der Waals surface area contributed by atoms with E-state index in [1.807, 2.05) is 6.26 Å². The number of nitrogens with one attached hydrogen (secondary N) is 2. The van der Waals surface area contributed by atoms with Gasteiger partial charge in [-0.25, -0.2) is 4.79 Å². The Balaban J connectivity index is 1.85. The summed E-state index contributed by atoms with van der Waals surface area (Å²) >= 11 is 1.53. The van der Waals surface area contributed by atoms with Crippen LogP contribution < -0.4 is 20.1 Å². The topological polar surface area (TPSA) is 79.8 Å². The number of anilines is 1. The van der Waals surface area contributed by atoms with Gasteiger partial charge in [0.25, 0.3) is 0 Å². The van der Waals surface area contributed by atoms with Crippen LogP contribution in [0.15, 0.2) is 18.2 Å². The van der Waals surface area contributed by atoms with Crippen molar-refractivity contribution in [1.29, 1.82) is 0 Å². The molecule has 0 spiro atoms. The molecular formula is C13H18N2O4S. The number of carbonyl (C=O) groups is 1. The van der Waals surface area contributed by atoms with Crippen LogP contribution in [0, 0.1) is 0 Å². The Labute approximate surface area is 121 Å². The maximum atomic E-state index is 11.8. The van der Waals surface area contributed by atoms with Crippen molar-refractivity contribution >= 4 is 23.5 Å². The maximum absolute atomic E-state index is 11.8. The van der Waals surface area contributed by atoms with Gasteiger partial charge < -0.3 is 25.2 Å². The van der Waals surface area contributed by atoms with Gasteiger partial charge in [0.1, 0.15) is 0 Å². The van der Waals surface area contributed by atoms with Gasteiger partial charge in [0.05, 0.1) is 5.60 Å². The number of ether oxygens (including phenoxy) is 2. The van der Waals surface area contributed by atoms with Crippen LogP contribution in [0.4, 0.5) is 10.5 Å². The number of aliphatic hydroxyl groups is 1. The van der Waals surface area contributed by atoms with Crippen molar-refractivity contribution in [3.63, 3.8) is 0 Å². The third-order valence-corrected chi connectivity index (χ3v) is 3.63. The van der Waals surface area contributed by atoms with Crippen molar-refractivity contribution in [3.8, 4) is 11.5 Å². The average Bonchev–Trinajstić information content (AvgIpc) is 2.84.